The number of anilines is 1. The predicted molar refractivity (Wildman–Crippen MR) is 95.9 cm³/mol. The average molecular weight is 332 g/mol. The van der Waals surface area contributed by atoms with E-state index in [1.807, 2.05) is 25.1 Å². The number of primary amides is 1. The summed E-state index contributed by atoms with van der Waals surface area (Å²) in [5.41, 5.74) is 7.51. The zero-order valence-electron chi connectivity index (χ0n) is 15.0. The summed E-state index contributed by atoms with van der Waals surface area (Å²) in [5.74, 6) is 0.0441. The van der Waals surface area contributed by atoms with Crippen LogP contribution in [0.25, 0.3) is 0 Å². The van der Waals surface area contributed by atoms with Crippen LogP contribution in [0.5, 0.6) is 0 Å². The maximum Gasteiger partial charge on any atom is 0.282 e. The minimum absolute atomic E-state index is 0.00544. The van der Waals surface area contributed by atoms with E-state index in [-0.39, 0.29) is 23.8 Å². The number of hydrogen-bond donors (Lipinski definition) is 3. The Balaban J connectivity index is 2.05. The van der Waals surface area contributed by atoms with E-state index in [9.17, 15) is 9.59 Å². The third-order valence-corrected chi connectivity index (χ3v) is 5.33. The highest BCUT2D eigenvalue weighted by molar-refractivity contribution is 5.94. The topological polar surface area (TPSA) is 76.6 Å². The van der Waals surface area contributed by atoms with Crippen LogP contribution in [0.3, 0.4) is 0 Å². The Morgan fingerprint density at radius 3 is 2.71 bits per heavy atom. The normalized spacial score (nSPS) is 23.3. The lowest BCUT2D eigenvalue weighted by Gasteiger charge is -2.32. The van der Waals surface area contributed by atoms with Crippen LogP contribution in [0.1, 0.15) is 51.5 Å². The van der Waals surface area contributed by atoms with Gasteiger partial charge in [0.25, 0.3) is 5.91 Å². The van der Waals surface area contributed by atoms with Crippen LogP contribution in [0.15, 0.2) is 24.3 Å². The van der Waals surface area contributed by atoms with Gasteiger partial charge in [-0.1, -0.05) is 32.0 Å². The van der Waals surface area contributed by atoms with Crippen LogP contribution >= 0.6 is 0 Å². The van der Waals surface area contributed by atoms with Gasteiger partial charge in [0.05, 0.1) is 19.0 Å². The zero-order chi connectivity index (χ0) is 17.7. The summed E-state index contributed by atoms with van der Waals surface area (Å²) >= 11 is 0. The van der Waals surface area contributed by atoms with Crippen LogP contribution in [0, 0.1) is 5.92 Å². The number of rotatable bonds is 6. The van der Waals surface area contributed by atoms with E-state index in [4.69, 9.17) is 5.73 Å². The number of carbonyl (C=O) groups is 2. The maximum atomic E-state index is 12.7. The smallest absolute Gasteiger partial charge is 0.282 e. The third kappa shape index (κ3) is 4.35. The number of benzene rings is 1. The highest BCUT2D eigenvalue weighted by Crippen LogP contribution is 2.26. The summed E-state index contributed by atoms with van der Waals surface area (Å²) in [6, 6.07) is 7.80. The molecule has 2 amide bonds. The number of likely N-dealkylation sites (tertiary alicyclic amines) is 1. The van der Waals surface area contributed by atoms with Crippen molar-refractivity contribution in [3.8, 4) is 0 Å². The largest absolute Gasteiger partial charge is 0.369 e. The molecule has 4 atom stereocenters. The molecule has 0 aliphatic carbocycles. The molecule has 0 radical (unpaired) electrons. The van der Waals surface area contributed by atoms with E-state index < -0.39 is 0 Å². The van der Waals surface area contributed by atoms with Gasteiger partial charge in [0.2, 0.25) is 5.91 Å². The van der Waals surface area contributed by atoms with Gasteiger partial charge in [0, 0.05) is 5.69 Å². The van der Waals surface area contributed by atoms with Gasteiger partial charge in [-0.25, -0.2) is 0 Å². The van der Waals surface area contributed by atoms with Gasteiger partial charge in [-0.15, -0.1) is 0 Å². The minimum atomic E-state index is -0.248. The lowest BCUT2D eigenvalue weighted by Crippen LogP contribution is -3.18. The van der Waals surface area contributed by atoms with E-state index in [0.29, 0.717) is 12.5 Å². The molecule has 5 nitrogen and oxygen atoms in total. The standard InChI is InChI=1S/C19H29N3O2/c1-4-13(2)16-9-5-6-10-17(16)21-19(24)14(3)22-11-7-8-15(12-22)18(20)23/h5-6,9-10,13-15H,4,7-8,11-12H2,1-3H3,(H2,20,23)(H,21,24)/p+1/t13-,14+,15-/m0/s1. The van der Waals surface area contributed by atoms with Crippen molar-refractivity contribution in [2.24, 2.45) is 11.7 Å². The van der Waals surface area contributed by atoms with Crippen molar-refractivity contribution in [2.45, 2.75) is 52.0 Å². The van der Waals surface area contributed by atoms with Crippen molar-refractivity contribution in [2.75, 3.05) is 18.4 Å². The molecule has 1 aliphatic rings. The van der Waals surface area contributed by atoms with Gasteiger partial charge >= 0.3 is 0 Å². The van der Waals surface area contributed by atoms with Crippen LogP contribution in [-0.4, -0.2) is 30.9 Å². The molecule has 1 saturated heterocycles. The first-order valence-corrected chi connectivity index (χ1v) is 8.97. The molecule has 0 aromatic heterocycles. The summed E-state index contributed by atoms with van der Waals surface area (Å²) in [6.07, 6.45) is 2.80. The molecule has 132 valence electrons. The number of carbonyl (C=O) groups excluding carboxylic acids is 2. The molecule has 5 heteroatoms. The van der Waals surface area contributed by atoms with Crippen molar-refractivity contribution in [3.05, 3.63) is 29.8 Å². The van der Waals surface area contributed by atoms with Gasteiger partial charge in [0.1, 0.15) is 0 Å². The number of amides is 2. The number of nitrogens with two attached hydrogens (primary N) is 1. The fraction of sp³-hybridized carbons (Fsp3) is 0.579. The minimum Gasteiger partial charge on any atom is -0.369 e. The lowest BCUT2D eigenvalue weighted by molar-refractivity contribution is -0.921. The van der Waals surface area contributed by atoms with Crippen LogP contribution < -0.4 is 16.0 Å². The highest BCUT2D eigenvalue weighted by Gasteiger charge is 2.33. The first kappa shape index (κ1) is 18.5. The summed E-state index contributed by atoms with van der Waals surface area (Å²) in [5, 5.41) is 3.09. The monoisotopic (exact) mass is 332 g/mol. The first-order valence-electron chi connectivity index (χ1n) is 8.97. The molecule has 0 saturated carbocycles. The quantitative estimate of drug-likeness (QED) is 0.734. The van der Waals surface area contributed by atoms with Gasteiger partial charge in [-0.3, -0.25) is 9.59 Å². The average Bonchev–Trinajstić information content (AvgIpc) is 2.60. The second-order valence-electron chi connectivity index (χ2n) is 6.96. The van der Waals surface area contributed by atoms with Crippen LogP contribution in [0.4, 0.5) is 5.69 Å². The molecule has 4 N–H and O–H groups in total. The molecular formula is C19H30N3O2+. The molecule has 1 heterocycles. The second-order valence-corrected chi connectivity index (χ2v) is 6.96. The lowest BCUT2D eigenvalue weighted by atomic mass is 9.95. The molecule has 24 heavy (non-hydrogen) atoms. The Kier molecular flexibility index (Phi) is 6.37. The fourth-order valence-electron chi connectivity index (χ4n) is 3.42. The Morgan fingerprint density at radius 2 is 2.04 bits per heavy atom. The number of nitrogens with one attached hydrogen (secondary N) is 2. The zero-order valence-corrected chi connectivity index (χ0v) is 15.0. The van der Waals surface area contributed by atoms with Crippen molar-refractivity contribution >= 4 is 17.5 Å². The number of para-hydroxylation sites is 1. The molecule has 1 aliphatic heterocycles. The van der Waals surface area contributed by atoms with Crippen molar-refractivity contribution in [3.63, 3.8) is 0 Å². The van der Waals surface area contributed by atoms with E-state index in [2.05, 4.69) is 25.2 Å². The Morgan fingerprint density at radius 1 is 1.33 bits per heavy atom. The van der Waals surface area contributed by atoms with E-state index in [1.165, 1.54) is 5.56 Å². The van der Waals surface area contributed by atoms with Crippen molar-refractivity contribution < 1.29 is 14.5 Å². The van der Waals surface area contributed by atoms with Gasteiger partial charge < -0.3 is 16.0 Å². The SMILES string of the molecule is CC[C@H](C)c1ccccc1NC(=O)[C@@H](C)[NH+]1CCC[C@H](C(N)=O)C1. The number of quaternary nitrogens is 1. The first-order chi connectivity index (χ1) is 11.4. The number of hydrogen-bond acceptors (Lipinski definition) is 2. The summed E-state index contributed by atoms with van der Waals surface area (Å²) < 4.78 is 0. The fourth-order valence-corrected chi connectivity index (χ4v) is 3.42. The Bertz CT molecular complexity index is 588. The van der Waals surface area contributed by atoms with E-state index in [0.717, 1.165) is 36.4 Å². The van der Waals surface area contributed by atoms with Gasteiger partial charge in [-0.05, 0) is 43.7 Å². The Labute approximate surface area is 144 Å². The summed E-state index contributed by atoms with van der Waals surface area (Å²) in [6.45, 7) is 7.80. The molecular weight excluding hydrogens is 302 g/mol. The van der Waals surface area contributed by atoms with E-state index in [1.54, 1.807) is 0 Å². The second kappa shape index (κ2) is 8.29. The molecule has 0 spiro atoms. The molecule has 1 aromatic rings. The summed E-state index contributed by atoms with van der Waals surface area (Å²) in [7, 11) is 0. The Hall–Kier alpha value is -1.88. The van der Waals surface area contributed by atoms with E-state index >= 15 is 0 Å². The van der Waals surface area contributed by atoms with Crippen LogP contribution in [-0.2, 0) is 9.59 Å². The molecule has 2 rings (SSSR count). The highest BCUT2D eigenvalue weighted by atomic mass is 16.2. The molecule has 1 unspecified atom stereocenters. The number of piperidine rings is 1. The predicted octanol–water partition coefficient (Wildman–Crippen LogP) is 1.31. The molecule has 1 fully saturated rings. The molecule has 1 aromatic carbocycles. The third-order valence-electron chi connectivity index (χ3n) is 5.33. The molecule has 0 bridgehead atoms. The van der Waals surface area contributed by atoms with Gasteiger partial charge in [0.15, 0.2) is 6.04 Å². The van der Waals surface area contributed by atoms with Crippen molar-refractivity contribution in [1.82, 2.24) is 0 Å². The summed E-state index contributed by atoms with van der Waals surface area (Å²) in [4.78, 5) is 25.3. The van der Waals surface area contributed by atoms with Crippen molar-refractivity contribution in [1.29, 1.82) is 0 Å². The maximum absolute atomic E-state index is 12.7. The van der Waals surface area contributed by atoms with Gasteiger partial charge in [-0.2, -0.15) is 0 Å². The van der Waals surface area contributed by atoms with Crippen LogP contribution in [0.2, 0.25) is 0 Å².